The topological polar surface area (TPSA) is 237 Å². The molecule has 0 saturated carbocycles. The molecule has 86 heavy (non-hydrogen) atoms. The number of esters is 4. The van der Waals surface area contributed by atoms with Crippen LogP contribution >= 0.6 is 15.6 Å². The molecular formula is C67H130O17P2. The summed E-state index contributed by atoms with van der Waals surface area (Å²) in [5.74, 6) is 0.798. The molecule has 4 unspecified atom stereocenters. The van der Waals surface area contributed by atoms with E-state index >= 15 is 0 Å². The minimum atomic E-state index is -4.95. The average Bonchev–Trinajstić information content (AvgIpc) is 3.68. The molecule has 0 aliphatic heterocycles. The van der Waals surface area contributed by atoms with Gasteiger partial charge in [-0.15, -0.1) is 0 Å². The maximum absolute atomic E-state index is 13.0. The molecule has 0 radical (unpaired) electrons. The molecule has 0 spiro atoms. The Morgan fingerprint density at radius 3 is 0.826 bits per heavy atom. The Balaban J connectivity index is 5.23. The normalized spacial score (nSPS) is 14.7. The summed E-state index contributed by atoms with van der Waals surface area (Å²) >= 11 is 0. The van der Waals surface area contributed by atoms with E-state index in [-0.39, 0.29) is 25.7 Å². The van der Waals surface area contributed by atoms with Crippen LogP contribution in [0.2, 0.25) is 0 Å². The highest BCUT2D eigenvalue weighted by molar-refractivity contribution is 7.47. The van der Waals surface area contributed by atoms with Gasteiger partial charge in [0.25, 0.3) is 0 Å². The van der Waals surface area contributed by atoms with Crippen LogP contribution in [0.25, 0.3) is 0 Å². The minimum absolute atomic E-state index is 0.101. The molecule has 0 aromatic carbocycles. The summed E-state index contributed by atoms with van der Waals surface area (Å²) in [5, 5.41) is 10.6. The van der Waals surface area contributed by atoms with Crippen LogP contribution in [0.1, 0.15) is 325 Å². The van der Waals surface area contributed by atoms with Crippen molar-refractivity contribution in [1.82, 2.24) is 0 Å². The quantitative estimate of drug-likeness (QED) is 0.0222. The molecule has 0 bridgehead atoms. The van der Waals surface area contributed by atoms with Crippen LogP contribution in [0.5, 0.6) is 0 Å². The van der Waals surface area contributed by atoms with Gasteiger partial charge in [-0.05, 0) is 49.4 Å². The summed E-state index contributed by atoms with van der Waals surface area (Å²) in [6.45, 7) is 14.0. The van der Waals surface area contributed by atoms with Crippen LogP contribution < -0.4 is 0 Å². The number of hydrogen-bond acceptors (Lipinski definition) is 15. The second-order valence-electron chi connectivity index (χ2n) is 25.9. The lowest BCUT2D eigenvalue weighted by atomic mass is 9.99. The monoisotopic (exact) mass is 1270 g/mol. The van der Waals surface area contributed by atoms with E-state index in [1.54, 1.807) is 0 Å². The molecule has 0 amide bonds. The van der Waals surface area contributed by atoms with Crippen molar-refractivity contribution in [2.45, 2.75) is 343 Å². The number of ether oxygens (including phenoxy) is 4. The second kappa shape index (κ2) is 57.0. The number of phosphoric ester groups is 2. The van der Waals surface area contributed by atoms with Crippen LogP contribution in [-0.4, -0.2) is 96.7 Å². The first-order valence-corrected chi connectivity index (χ1v) is 37.7. The first-order chi connectivity index (χ1) is 41.1. The number of carbonyl (C=O) groups is 4. The number of aliphatic hydroxyl groups is 1. The smallest absolute Gasteiger partial charge is 0.462 e. The van der Waals surface area contributed by atoms with Crippen LogP contribution in [-0.2, 0) is 65.4 Å². The van der Waals surface area contributed by atoms with E-state index in [0.29, 0.717) is 37.5 Å². The molecule has 0 fully saturated rings. The van der Waals surface area contributed by atoms with Crippen molar-refractivity contribution in [1.29, 1.82) is 0 Å². The van der Waals surface area contributed by atoms with E-state index in [9.17, 15) is 43.2 Å². The first kappa shape index (κ1) is 84.1. The van der Waals surface area contributed by atoms with E-state index in [2.05, 4.69) is 55.4 Å². The van der Waals surface area contributed by atoms with Crippen LogP contribution in [0, 0.1) is 23.7 Å². The van der Waals surface area contributed by atoms with Crippen molar-refractivity contribution in [3.63, 3.8) is 0 Å². The summed E-state index contributed by atoms with van der Waals surface area (Å²) in [4.78, 5) is 72.3. The molecule has 510 valence electrons. The molecule has 0 aromatic heterocycles. The van der Waals surface area contributed by atoms with Crippen molar-refractivity contribution in [3.8, 4) is 0 Å². The van der Waals surface area contributed by atoms with Crippen molar-refractivity contribution in [3.05, 3.63) is 0 Å². The molecule has 0 aliphatic carbocycles. The summed E-state index contributed by atoms with van der Waals surface area (Å²) in [5.41, 5.74) is 0. The molecule has 0 heterocycles. The van der Waals surface area contributed by atoms with Crippen molar-refractivity contribution in [2.75, 3.05) is 39.6 Å². The highest BCUT2D eigenvalue weighted by Crippen LogP contribution is 2.45. The molecule has 0 aliphatic rings. The Morgan fingerprint density at radius 1 is 0.326 bits per heavy atom. The molecule has 3 N–H and O–H groups in total. The molecule has 0 saturated heterocycles. The van der Waals surface area contributed by atoms with E-state index in [0.717, 1.165) is 108 Å². The fraction of sp³-hybridized carbons (Fsp3) is 0.940. The number of aliphatic hydroxyl groups excluding tert-OH is 1. The predicted octanol–water partition coefficient (Wildman–Crippen LogP) is 18.5. The number of carbonyl (C=O) groups excluding carboxylic acids is 4. The van der Waals surface area contributed by atoms with Crippen LogP contribution in [0.3, 0.4) is 0 Å². The third-order valence-electron chi connectivity index (χ3n) is 15.7. The Hall–Kier alpha value is -1.94. The van der Waals surface area contributed by atoms with Gasteiger partial charge in [-0.2, -0.15) is 0 Å². The second-order valence-corrected chi connectivity index (χ2v) is 28.8. The Morgan fingerprint density at radius 2 is 0.558 bits per heavy atom. The summed E-state index contributed by atoms with van der Waals surface area (Å²) in [6, 6.07) is 0. The number of hydrogen-bond donors (Lipinski definition) is 3. The zero-order valence-corrected chi connectivity index (χ0v) is 57.7. The lowest BCUT2D eigenvalue weighted by Crippen LogP contribution is -2.30. The molecule has 0 rings (SSSR count). The lowest BCUT2D eigenvalue weighted by Gasteiger charge is -2.21. The van der Waals surface area contributed by atoms with Crippen LogP contribution in [0.15, 0.2) is 0 Å². The number of rotatable bonds is 64. The van der Waals surface area contributed by atoms with Gasteiger partial charge in [0.05, 0.1) is 26.4 Å². The van der Waals surface area contributed by atoms with E-state index in [1.807, 2.05) is 0 Å². The van der Waals surface area contributed by atoms with Gasteiger partial charge in [-0.25, -0.2) is 9.13 Å². The van der Waals surface area contributed by atoms with Crippen molar-refractivity contribution in [2.24, 2.45) is 23.7 Å². The zero-order chi connectivity index (χ0) is 63.9. The maximum Gasteiger partial charge on any atom is 0.472 e. The molecule has 17 nitrogen and oxygen atoms in total. The minimum Gasteiger partial charge on any atom is -0.462 e. The molecule has 19 heteroatoms. The van der Waals surface area contributed by atoms with Gasteiger partial charge < -0.3 is 33.8 Å². The fourth-order valence-electron chi connectivity index (χ4n) is 9.93. The highest BCUT2D eigenvalue weighted by atomic mass is 31.2. The largest absolute Gasteiger partial charge is 0.472 e. The van der Waals surface area contributed by atoms with Gasteiger partial charge in [0.1, 0.15) is 19.3 Å². The summed E-state index contributed by atoms with van der Waals surface area (Å²) in [7, 11) is -9.90. The SMILES string of the molecule is CCC(C)CCCCCCCCCCCCC(=O)O[C@H](COC(=O)CCCCCCCCCC(C)C)COP(=O)(O)OCC(O)COP(=O)(O)OC[C@@H](COC(=O)CCCCCCCCCCCCC(C)C)OC(=O)CCCCCCCCC(C)C. The summed E-state index contributed by atoms with van der Waals surface area (Å²) < 4.78 is 68.1. The number of phosphoric acid groups is 2. The Kier molecular flexibility index (Phi) is 55.7. The molecular weight excluding hydrogens is 1140 g/mol. The average molecular weight is 1270 g/mol. The van der Waals surface area contributed by atoms with Gasteiger partial charge in [0, 0.05) is 25.7 Å². The lowest BCUT2D eigenvalue weighted by molar-refractivity contribution is -0.161. The summed E-state index contributed by atoms with van der Waals surface area (Å²) in [6.07, 6.45) is 37.7. The Bertz CT molecular complexity index is 1720. The van der Waals surface area contributed by atoms with Crippen molar-refractivity contribution < 1.29 is 80.2 Å². The number of unbranched alkanes of at least 4 members (excludes halogenated alkanes) is 29. The van der Waals surface area contributed by atoms with Gasteiger partial charge in [0.2, 0.25) is 0 Å². The molecule has 6 atom stereocenters. The fourth-order valence-corrected chi connectivity index (χ4v) is 11.5. The van der Waals surface area contributed by atoms with E-state index < -0.39 is 97.5 Å². The third-order valence-corrected chi connectivity index (χ3v) is 17.6. The van der Waals surface area contributed by atoms with E-state index in [4.69, 9.17) is 37.0 Å². The first-order valence-electron chi connectivity index (χ1n) is 34.7. The molecule has 0 aromatic rings. The highest BCUT2D eigenvalue weighted by Gasteiger charge is 2.30. The van der Waals surface area contributed by atoms with Crippen molar-refractivity contribution >= 4 is 39.5 Å². The van der Waals surface area contributed by atoms with Gasteiger partial charge in [-0.1, -0.05) is 274 Å². The predicted molar refractivity (Wildman–Crippen MR) is 344 cm³/mol. The standard InChI is InChI=1S/C67H130O17P2/c1-9-60(8)46-38-30-21-15-11-13-17-23-33-41-49-66(71)83-62(53-78-65(70)48-40-32-24-18-20-28-36-44-58(4)5)55-81-85(73,74)79-51-61(68)52-80-86(75,76)82-56-63(84-67(72)50-42-34-26-25-29-37-45-59(6)7)54-77-64(69)47-39-31-22-16-12-10-14-19-27-35-43-57(2)3/h57-63,68H,9-56H2,1-8H3,(H,73,74)(H,75,76)/t60?,61?,62-,63-/m1/s1. The van der Waals surface area contributed by atoms with E-state index in [1.165, 1.54) is 122 Å². The van der Waals surface area contributed by atoms with Gasteiger partial charge in [-0.3, -0.25) is 37.3 Å². The van der Waals surface area contributed by atoms with Crippen LogP contribution in [0.4, 0.5) is 0 Å². The Labute approximate surface area is 524 Å². The van der Waals surface area contributed by atoms with Gasteiger partial charge >= 0.3 is 39.5 Å². The third kappa shape index (κ3) is 59.7. The maximum atomic E-state index is 13.0. The zero-order valence-electron chi connectivity index (χ0n) is 55.9. The van der Waals surface area contributed by atoms with Gasteiger partial charge in [0.15, 0.2) is 12.2 Å².